The van der Waals surface area contributed by atoms with E-state index in [9.17, 15) is 18.3 Å². The van der Waals surface area contributed by atoms with Gasteiger partial charge in [-0.1, -0.05) is 13.8 Å². The molecule has 1 saturated heterocycles. The fourth-order valence-electron chi connectivity index (χ4n) is 4.16. The molecule has 0 amide bonds. The predicted octanol–water partition coefficient (Wildman–Crippen LogP) is 4.90. The maximum Gasteiger partial charge on any atom is 0.416 e. The summed E-state index contributed by atoms with van der Waals surface area (Å²) in [7, 11) is 0. The summed E-state index contributed by atoms with van der Waals surface area (Å²) >= 11 is 0. The molecule has 1 aromatic carbocycles. The monoisotopic (exact) mass is 402 g/mol. The fourth-order valence-corrected chi connectivity index (χ4v) is 4.16. The van der Waals surface area contributed by atoms with Gasteiger partial charge in [-0.2, -0.15) is 13.2 Å². The summed E-state index contributed by atoms with van der Waals surface area (Å²) in [5, 5.41) is 20.4. The van der Waals surface area contributed by atoms with Gasteiger partial charge in [-0.3, -0.25) is 4.98 Å². The van der Waals surface area contributed by atoms with Crippen LogP contribution in [0.2, 0.25) is 0 Å². The standard InChI is InChI=1S/C21H21F3N4O/c1-12-7-13(2)11-28(10-12)20-17-9-25-6-5-15(17)19(26-27-20)16-4-3-14(8-18(16)29)21(22,23)24/h3-6,8-9,12-13,29H,7,10-11H2,1-2H3/t12-,13+. The van der Waals surface area contributed by atoms with Gasteiger partial charge in [0.1, 0.15) is 11.4 Å². The highest BCUT2D eigenvalue weighted by molar-refractivity contribution is 6.00. The van der Waals surface area contributed by atoms with Crippen molar-refractivity contribution < 1.29 is 18.3 Å². The number of hydrogen-bond donors (Lipinski definition) is 1. The minimum atomic E-state index is -4.53. The molecule has 0 radical (unpaired) electrons. The molecule has 3 aromatic rings. The first-order chi connectivity index (χ1) is 13.7. The van der Waals surface area contributed by atoms with Gasteiger partial charge in [-0.25, -0.2) is 0 Å². The zero-order valence-corrected chi connectivity index (χ0v) is 16.1. The number of benzene rings is 1. The molecule has 152 valence electrons. The van der Waals surface area contributed by atoms with Gasteiger partial charge in [0, 0.05) is 41.8 Å². The first kappa shape index (κ1) is 19.4. The van der Waals surface area contributed by atoms with Gasteiger partial charge in [0.05, 0.1) is 5.56 Å². The Bertz CT molecular complexity index is 1040. The number of piperidine rings is 1. The zero-order chi connectivity index (χ0) is 20.8. The number of nitrogens with zero attached hydrogens (tertiary/aromatic N) is 4. The highest BCUT2D eigenvalue weighted by atomic mass is 19.4. The van der Waals surface area contributed by atoms with Crippen LogP contribution in [0.15, 0.2) is 36.7 Å². The van der Waals surface area contributed by atoms with Crippen LogP contribution in [0.1, 0.15) is 25.8 Å². The number of hydrogen-bond acceptors (Lipinski definition) is 5. The second-order valence-corrected chi connectivity index (χ2v) is 7.87. The van der Waals surface area contributed by atoms with Crippen LogP contribution in [0.5, 0.6) is 5.75 Å². The molecule has 5 nitrogen and oxygen atoms in total. The summed E-state index contributed by atoms with van der Waals surface area (Å²) in [4.78, 5) is 6.39. The lowest BCUT2D eigenvalue weighted by atomic mass is 9.91. The van der Waals surface area contributed by atoms with E-state index in [1.807, 2.05) is 0 Å². The minimum absolute atomic E-state index is 0.202. The number of aromatic nitrogens is 3. The number of halogens is 3. The number of aromatic hydroxyl groups is 1. The van der Waals surface area contributed by atoms with Crippen LogP contribution >= 0.6 is 0 Å². The van der Waals surface area contributed by atoms with Crippen molar-refractivity contribution in [1.82, 2.24) is 15.2 Å². The Labute approximate surface area is 166 Å². The van der Waals surface area contributed by atoms with Crippen LogP contribution in [0.3, 0.4) is 0 Å². The van der Waals surface area contributed by atoms with Crippen LogP contribution in [0.4, 0.5) is 19.0 Å². The molecule has 0 bridgehead atoms. The molecule has 0 saturated carbocycles. The Morgan fingerprint density at radius 1 is 1.03 bits per heavy atom. The van der Waals surface area contributed by atoms with E-state index in [1.165, 1.54) is 6.07 Å². The predicted molar refractivity (Wildman–Crippen MR) is 105 cm³/mol. The molecule has 8 heteroatoms. The summed E-state index contributed by atoms with van der Waals surface area (Å²) in [6.45, 7) is 6.11. The largest absolute Gasteiger partial charge is 0.507 e. The fraction of sp³-hybridized carbons (Fsp3) is 0.381. The van der Waals surface area contributed by atoms with E-state index in [1.54, 1.807) is 18.5 Å². The van der Waals surface area contributed by atoms with Crippen LogP contribution in [-0.2, 0) is 6.18 Å². The number of phenolic OH excluding ortho intramolecular Hbond substituents is 1. The molecule has 1 fully saturated rings. The molecule has 2 atom stereocenters. The lowest BCUT2D eigenvalue weighted by Gasteiger charge is -2.36. The first-order valence-corrected chi connectivity index (χ1v) is 9.50. The van der Waals surface area contributed by atoms with Crippen LogP contribution in [0.25, 0.3) is 22.0 Å². The molecule has 0 aliphatic carbocycles. The molecular formula is C21H21F3N4O. The van der Waals surface area contributed by atoms with Gasteiger partial charge in [-0.15, -0.1) is 10.2 Å². The van der Waals surface area contributed by atoms with Gasteiger partial charge in [0.2, 0.25) is 0 Å². The number of anilines is 1. The van der Waals surface area contributed by atoms with Crippen LogP contribution in [-0.4, -0.2) is 33.4 Å². The van der Waals surface area contributed by atoms with Gasteiger partial charge >= 0.3 is 6.18 Å². The highest BCUT2D eigenvalue weighted by Crippen LogP contribution is 2.39. The van der Waals surface area contributed by atoms with E-state index in [0.717, 1.165) is 31.0 Å². The highest BCUT2D eigenvalue weighted by Gasteiger charge is 2.31. The summed E-state index contributed by atoms with van der Waals surface area (Å²) < 4.78 is 38.8. The second-order valence-electron chi connectivity index (χ2n) is 7.87. The third-order valence-electron chi connectivity index (χ3n) is 5.31. The maximum atomic E-state index is 12.9. The van der Waals surface area contributed by atoms with Crippen LogP contribution < -0.4 is 4.90 Å². The van der Waals surface area contributed by atoms with Gasteiger partial charge in [-0.05, 0) is 42.5 Å². The van der Waals surface area contributed by atoms with Crippen molar-refractivity contribution in [1.29, 1.82) is 0 Å². The Morgan fingerprint density at radius 3 is 2.41 bits per heavy atom. The lowest BCUT2D eigenvalue weighted by molar-refractivity contribution is -0.137. The van der Waals surface area contributed by atoms with E-state index in [4.69, 9.17) is 0 Å². The van der Waals surface area contributed by atoms with Crippen molar-refractivity contribution in [2.75, 3.05) is 18.0 Å². The first-order valence-electron chi connectivity index (χ1n) is 9.50. The molecule has 2 aromatic heterocycles. The molecule has 3 heterocycles. The number of phenols is 1. The van der Waals surface area contributed by atoms with E-state index in [0.29, 0.717) is 34.8 Å². The van der Waals surface area contributed by atoms with Gasteiger partial charge in [0.15, 0.2) is 5.82 Å². The molecule has 1 N–H and O–H groups in total. The van der Waals surface area contributed by atoms with E-state index in [-0.39, 0.29) is 5.56 Å². The van der Waals surface area contributed by atoms with Crippen molar-refractivity contribution >= 4 is 16.6 Å². The quantitative estimate of drug-likeness (QED) is 0.661. The average Bonchev–Trinajstić information content (AvgIpc) is 2.66. The average molecular weight is 402 g/mol. The van der Waals surface area contributed by atoms with Crippen molar-refractivity contribution in [3.63, 3.8) is 0 Å². The summed E-state index contributed by atoms with van der Waals surface area (Å²) in [6.07, 6.45) is -0.0927. The number of fused-ring (bicyclic) bond motifs is 1. The summed E-state index contributed by atoms with van der Waals surface area (Å²) in [5.41, 5.74) is -0.380. The topological polar surface area (TPSA) is 62.1 Å². The van der Waals surface area contributed by atoms with Crippen molar-refractivity contribution in [2.45, 2.75) is 26.4 Å². The van der Waals surface area contributed by atoms with Gasteiger partial charge in [0.25, 0.3) is 0 Å². The number of alkyl halides is 3. The lowest BCUT2D eigenvalue weighted by Crippen LogP contribution is -2.39. The Kier molecular flexibility index (Phi) is 4.80. The summed E-state index contributed by atoms with van der Waals surface area (Å²) in [6, 6.07) is 4.63. The number of rotatable bonds is 2. The molecule has 0 spiro atoms. The van der Waals surface area contributed by atoms with Crippen molar-refractivity contribution in [2.24, 2.45) is 11.8 Å². The normalized spacial score (nSPS) is 20.2. The molecular weight excluding hydrogens is 381 g/mol. The molecule has 1 aliphatic heterocycles. The summed E-state index contributed by atoms with van der Waals surface area (Å²) in [5.74, 6) is 1.26. The maximum absolute atomic E-state index is 12.9. The Hall–Kier alpha value is -2.90. The van der Waals surface area contributed by atoms with E-state index >= 15 is 0 Å². The minimum Gasteiger partial charge on any atom is -0.507 e. The second kappa shape index (κ2) is 7.17. The molecule has 0 unspecified atom stereocenters. The SMILES string of the molecule is C[C@@H]1C[C@H](C)CN(c2nnc(-c3ccc(C(F)(F)F)cc3O)c3ccncc23)C1. The Balaban J connectivity index is 1.82. The number of pyridine rings is 1. The van der Waals surface area contributed by atoms with Crippen LogP contribution in [0, 0.1) is 11.8 Å². The van der Waals surface area contributed by atoms with Crippen molar-refractivity contribution in [3.05, 3.63) is 42.2 Å². The van der Waals surface area contributed by atoms with Gasteiger partial charge < -0.3 is 10.0 Å². The smallest absolute Gasteiger partial charge is 0.416 e. The zero-order valence-electron chi connectivity index (χ0n) is 16.1. The molecule has 4 rings (SSSR count). The Morgan fingerprint density at radius 2 is 1.76 bits per heavy atom. The van der Waals surface area contributed by atoms with Crippen molar-refractivity contribution in [3.8, 4) is 17.0 Å². The third kappa shape index (κ3) is 3.71. The van der Waals surface area contributed by atoms with E-state index in [2.05, 4.69) is 33.9 Å². The van der Waals surface area contributed by atoms with E-state index < -0.39 is 17.5 Å². The molecule has 1 aliphatic rings. The molecule has 29 heavy (non-hydrogen) atoms. The third-order valence-corrected chi connectivity index (χ3v) is 5.31.